The maximum atomic E-state index is 13.5. The van der Waals surface area contributed by atoms with Gasteiger partial charge in [0.15, 0.2) is 15.5 Å². The van der Waals surface area contributed by atoms with Crippen molar-refractivity contribution in [3.05, 3.63) is 42.0 Å². The zero-order chi connectivity index (χ0) is 20.8. The molecule has 1 fully saturated rings. The molecule has 152 valence electrons. The predicted octanol–water partition coefficient (Wildman–Crippen LogP) is 0.789. The second-order valence-electron chi connectivity index (χ2n) is 7.05. The molecule has 0 unspecified atom stereocenters. The molecule has 9 nitrogen and oxygen atoms in total. The Kier molecular flexibility index (Phi) is 4.71. The highest BCUT2D eigenvalue weighted by molar-refractivity contribution is 7.91. The number of sulfone groups is 1. The number of hydrogen-bond acceptors (Lipinski definition) is 7. The van der Waals surface area contributed by atoms with Crippen LogP contribution in [-0.2, 0) is 9.84 Å². The highest BCUT2D eigenvalue weighted by Gasteiger charge is 2.31. The highest BCUT2D eigenvalue weighted by atomic mass is 32.2. The van der Waals surface area contributed by atoms with Crippen LogP contribution in [0, 0.1) is 5.82 Å². The first-order valence-corrected chi connectivity index (χ1v) is 10.7. The predicted molar refractivity (Wildman–Crippen MR) is 106 cm³/mol. The summed E-state index contributed by atoms with van der Waals surface area (Å²) in [7, 11) is -3.20. The van der Waals surface area contributed by atoms with Crippen molar-refractivity contribution in [3.8, 4) is 11.4 Å². The Labute approximate surface area is 165 Å². The molecule has 0 saturated carbocycles. The van der Waals surface area contributed by atoms with Crippen molar-refractivity contribution in [1.29, 1.82) is 0 Å². The molecule has 0 radical (unpaired) electrons. The molecule has 29 heavy (non-hydrogen) atoms. The van der Waals surface area contributed by atoms with Gasteiger partial charge < -0.3 is 21.8 Å². The Bertz CT molecular complexity index is 1210. The number of benzene rings is 1. The molecule has 0 bridgehead atoms. The summed E-state index contributed by atoms with van der Waals surface area (Å²) in [6.45, 7) is 0. The van der Waals surface area contributed by atoms with E-state index in [1.165, 1.54) is 18.3 Å². The maximum Gasteiger partial charge on any atom is 0.269 e. The van der Waals surface area contributed by atoms with Crippen LogP contribution in [0.5, 0.6) is 0 Å². The lowest BCUT2D eigenvalue weighted by Gasteiger charge is -2.29. The van der Waals surface area contributed by atoms with Gasteiger partial charge in [0.1, 0.15) is 17.3 Å². The van der Waals surface area contributed by atoms with Crippen LogP contribution in [0.2, 0.25) is 0 Å². The Balaban J connectivity index is 1.73. The van der Waals surface area contributed by atoms with E-state index in [0.717, 1.165) is 0 Å². The summed E-state index contributed by atoms with van der Waals surface area (Å²) in [5.41, 5.74) is 12.7. The molecule has 1 aliphatic heterocycles. The Hall–Kier alpha value is -3.05. The quantitative estimate of drug-likeness (QED) is 0.488. The van der Waals surface area contributed by atoms with Gasteiger partial charge in [-0.15, -0.1) is 0 Å². The van der Waals surface area contributed by atoms with Crippen molar-refractivity contribution in [2.24, 2.45) is 11.5 Å². The van der Waals surface area contributed by atoms with Crippen LogP contribution < -0.4 is 16.8 Å². The summed E-state index contributed by atoms with van der Waals surface area (Å²) in [5.74, 6) is -0.982. The van der Waals surface area contributed by atoms with Gasteiger partial charge in [0.05, 0.1) is 29.4 Å². The number of nitrogens with two attached hydrogens (primary N) is 2. The minimum atomic E-state index is -3.20. The van der Waals surface area contributed by atoms with E-state index in [4.69, 9.17) is 11.5 Å². The Morgan fingerprint density at radius 1 is 1.31 bits per heavy atom. The molecular formula is C18H19FN6O3S. The molecule has 6 N–H and O–H groups in total. The van der Waals surface area contributed by atoms with E-state index in [-0.39, 0.29) is 34.8 Å². The van der Waals surface area contributed by atoms with Crippen molar-refractivity contribution in [3.63, 3.8) is 0 Å². The number of rotatable bonds is 4. The number of carbonyl (C=O) groups excluding carboxylic acids is 1. The van der Waals surface area contributed by atoms with Crippen molar-refractivity contribution in [1.82, 2.24) is 15.0 Å². The number of primary amides is 1. The molecular weight excluding hydrogens is 399 g/mol. The zero-order valence-corrected chi connectivity index (χ0v) is 16.0. The van der Waals surface area contributed by atoms with Gasteiger partial charge >= 0.3 is 0 Å². The van der Waals surface area contributed by atoms with Crippen LogP contribution in [0.15, 0.2) is 30.5 Å². The molecule has 3 aromatic rings. The average Bonchev–Trinajstić information content (AvgIpc) is 3.07. The SMILES string of the molecule is NC(=O)c1ncc(N[C@@H]2CS(=O)(=O)CC[C@@H]2N)nc1-c1cc2cc(F)ccc2[nH]1. The summed E-state index contributed by atoms with van der Waals surface area (Å²) in [6, 6.07) is 4.96. The van der Waals surface area contributed by atoms with Crippen LogP contribution in [0.4, 0.5) is 10.2 Å². The van der Waals surface area contributed by atoms with Crippen LogP contribution in [0.25, 0.3) is 22.3 Å². The molecule has 1 amide bonds. The number of anilines is 1. The van der Waals surface area contributed by atoms with Gasteiger partial charge in [-0.2, -0.15) is 0 Å². The summed E-state index contributed by atoms with van der Waals surface area (Å²) in [4.78, 5) is 23.4. The van der Waals surface area contributed by atoms with Crippen molar-refractivity contribution in [2.75, 3.05) is 16.8 Å². The molecule has 0 aliphatic carbocycles. The summed E-state index contributed by atoms with van der Waals surface area (Å²) in [5, 5.41) is 3.60. The van der Waals surface area contributed by atoms with E-state index in [1.54, 1.807) is 12.1 Å². The van der Waals surface area contributed by atoms with Crippen LogP contribution in [-0.4, -0.2) is 52.9 Å². The number of halogens is 1. The monoisotopic (exact) mass is 418 g/mol. The lowest BCUT2D eigenvalue weighted by Crippen LogP contribution is -2.50. The van der Waals surface area contributed by atoms with E-state index in [1.807, 2.05) is 0 Å². The number of aromatic nitrogens is 3. The number of fused-ring (bicyclic) bond motifs is 1. The first-order valence-electron chi connectivity index (χ1n) is 8.90. The minimum absolute atomic E-state index is 0.0511. The second kappa shape index (κ2) is 7.08. The molecule has 3 heterocycles. The number of nitrogens with one attached hydrogen (secondary N) is 2. The topological polar surface area (TPSA) is 157 Å². The Morgan fingerprint density at radius 2 is 2.10 bits per heavy atom. The molecule has 11 heteroatoms. The van der Waals surface area contributed by atoms with Crippen LogP contribution >= 0.6 is 0 Å². The smallest absolute Gasteiger partial charge is 0.269 e. The van der Waals surface area contributed by atoms with E-state index in [0.29, 0.717) is 23.0 Å². The van der Waals surface area contributed by atoms with Crippen LogP contribution in [0.1, 0.15) is 16.9 Å². The van der Waals surface area contributed by atoms with Crippen molar-refractivity contribution < 1.29 is 17.6 Å². The lowest BCUT2D eigenvalue weighted by atomic mass is 10.1. The molecule has 2 aromatic heterocycles. The third-order valence-corrected chi connectivity index (χ3v) is 6.61. The third kappa shape index (κ3) is 3.91. The number of aromatic amines is 1. The first-order chi connectivity index (χ1) is 13.7. The summed E-state index contributed by atoms with van der Waals surface area (Å²) >= 11 is 0. The van der Waals surface area contributed by atoms with Gasteiger partial charge in [0, 0.05) is 16.9 Å². The molecule has 2 atom stereocenters. The third-order valence-electron chi connectivity index (χ3n) is 4.89. The van der Waals surface area contributed by atoms with Gasteiger partial charge in [-0.25, -0.2) is 22.8 Å². The fourth-order valence-corrected chi connectivity index (χ4v) is 5.07. The highest BCUT2D eigenvalue weighted by Crippen LogP contribution is 2.27. The van der Waals surface area contributed by atoms with Gasteiger partial charge in [-0.3, -0.25) is 4.79 Å². The van der Waals surface area contributed by atoms with E-state index >= 15 is 0 Å². The number of nitrogens with zero attached hydrogens (tertiary/aromatic N) is 2. The van der Waals surface area contributed by atoms with Gasteiger partial charge in [-0.1, -0.05) is 0 Å². The standard InChI is InChI=1S/C18H19FN6O3S/c19-10-1-2-12-9(5-10)6-13(23-12)16-17(18(21)26)22-7-15(25-16)24-14-8-29(27,28)4-3-11(14)20/h1-2,5-7,11,14,23H,3-4,8,20H2,(H2,21,26)(H,24,25)/t11-,14+/m0/s1. The number of hydrogen-bond donors (Lipinski definition) is 4. The number of amides is 1. The largest absolute Gasteiger partial charge is 0.364 e. The Morgan fingerprint density at radius 3 is 2.86 bits per heavy atom. The number of carbonyl (C=O) groups is 1. The fraction of sp³-hybridized carbons (Fsp3) is 0.278. The van der Waals surface area contributed by atoms with Gasteiger partial charge in [0.2, 0.25) is 0 Å². The van der Waals surface area contributed by atoms with Crippen LogP contribution in [0.3, 0.4) is 0 Å². The molecule has 1 aromatic carbocycles. The van der Waals surface area contributed by atoms with Gasteiger partial charge in [0.25, 0.3) is 5.91 Å². The molecule has 0 spiro atoms. The normalized spacial score (nSPS) is 21.2. The van der Waals surface area contributed by atoms with E-state index < -0.39 is 27.6 Å². The minimum Gasteiger partial charge on any atom is -0.364 e. The first kappa shape index (κ1) is 19.3. The maximum absolute atomic E-state index is 13.5. The second-order valence-corrected chi connectivity index (χ2v) is 9.28. The molecule has 1 aliphatic rings. The summed E-state index contributed by atoms with van der Waals surface area (Å²) in [6.07, 6.45) is 1.65. The molecule has 1 saturated heterocycles. The molecule has 4 rings (SSSR count). The van der Waals surface area contributed by atoms with Crippen molar-refractivity contribution >= 4 is 32.5 Å². The van der Waals surface area contributed by atoms with Gasteiger partial charge in [-0.05, 0) is 30.7 Å². The van der Waals surface area contributed by atoms with E-state index in [2.05, 4.69) is 20.3 Å². The van der Waals surface area contributed by atoms with Crippen molar-refractivity contribution in [2.45, 2.75) is 18.5 Å². The number of H-pyrrole nitrogens is 1. The van der Waals surface area contributed by atoms with E-state index in [9.17, 15) is 17.6 Å². The lowest BCUT2D eigenvalue weighted by molar-refractivity contribution is 0.0996. The average molecular weight is 418 g/mol. The zero-order valence-electron chi connectivity index (χ0n) is 15.2. The summed E-state index contributed by atoms with van der Waals surface area (Å²) < 4.78 is 37.3. The fourth-order valence-electron chi connectivity index (χ4n) is 3.39.